The van der Waals surface area contributed by atoms with Gasteiger partial charge < -0.3 is 19.3 Å². The predicted molar refractivity (Wildman–Crippen MR) is 80.2 cm³/mol. The van der Waals surface area contributed by atoms with E-state index in [1.54, 1.807) is 7.11 Å². The van der Waals surface area contributed by atoms with Gasteiger partial charge in [0.25, 0.3) is 0 Å². The normalized spacial score (nSPS) is 12.4. The summed E-state index contributed by atoms with van der Waals surface area (Å²) in [5.41, 5.74) is 3.10. The van der Waals surface area contributed by atoms with Gasteiger partial charge in [-0.3, -0.25) is 0 Å². The first kappa shape index (κ1) is 15.5. The second-order valence-electron chi connectivity index (χ2n) is 5.06. The van der Waals surface area contributed by atoms with Crippen molar-refractivity contribution in [3.8, 4) is 5.75 Å². The summed E-state index contributed by atoms with van der Waals surface area (Å²) >= 11 is 0. The maximum atomic E-state index is 5.89. The zero-order chi connectivity index (χ0) is 15.2. The minimum atomic E-state index is 0.223. The molecule has 0 aliphatic carbocycles. The summed E-state index contributed by atoms with van der Waals surface area (Å²) in [6.07, 6.45) is 0. The molecule has 2 rings (SSSR count). The lowest BCUT2D eigenvalue weighted by molar-refractivity contribution is 0.155. The molecule has 0 fully saturated rings. The van der Waals surface area contributed by atoms with Crippen LogP contribution >= 0.6 is 0 Å². The van der Waals surface area contributed by atoms with Gasteiger partial charge in [-0.25, -0.2) is 0 Å². The molecule has 0 spiro atoms. The first-order valence-electron chi connectivity index (χ1n) is 6.98. The van der Waals surface area contributed by atoms with E-state index in [9.17, 15) is 0 Å². The molecule has 0 radical (unpaired) electrons. The Morgan fingerprint density at radius 2 is 2.10 bits per heavy atom. The van der Waals surface area contributed by atoms with Gasteiger partial charge in [0.1, 0.15) is 24.7 Å². The fraction of sp³-hybridized carbons (Fsp3) is 0.438. The first-order valence-corrected chi connectivity index (χ1v) is 6.98. The van der Waals surface area contributed by atoms with Crippen LogP contribution in [-0.2, 0) is 18.0 Å². The molecule has 0 aliphatic rings. The number of rotatable bonds is 7. The minimum absolute atomic E-state index is 0.223. The summed E-state index contributed by atoms with van der Waals surface area (Å²) in [6, 6.07) is 8.24. The Morgan fingerprint density at radius 1 is 1.29 bits per heavy atom. The van der Waals surface area contributed by atoms with Crippen molar-refractivity contribution in [3.63, 3.8) is 0 Å². The van der Waals surface area contributed by atoms with Crippen LogP contribution in [0, 0.1) is 6.92 Å². The third-order valence-corrected chi connectivity index (χ3v) is 3.33. The van der Waals surface area contributed by atoms with Crippen LogP contribution in [0.15, 0.2) is 28.8 Å². The summed E-state index contributed by atoms with van der Waals surface area (Å²) in [4.78, 5) is 0. The van der Waals surface area contributed by atoms with Crippen LogP contribution in [0.5, 0.6) is 5.75 Å². The van der Waals surface area contributed by atoms with E-state index >= 15 is 0 Å². The Hall–Kier alpha value is -1.85. The summed E-state index contributed by atoms with van der Waals surface area (Å²) in [7, 11) is 3.56. The standard InChI is InChI=1S/C16H22N2O3/c1-11-5-6-16(15(7-11)12(2)17-3)20-9-13-8-14(10-19-4)21-18-13/h5-8,12,17H,9-10H2,1-4H3. The molecule has 1 aromatic heterocycles. The molecule has 1 heterocycles. The van der Waals surface area contributed by atoms with Crippen molar-refractivity contribution in [2.45, 2.75) is 33.1 Å². The molecule has 5 heteroatoms. The van der Waals surface area contributed by atoms with Gasteiger partial charge in [0.2, 0.25) is 0 Å². The van der Waals surface area contributed by atoms with E-state index in [1.165, 1.54) is 5.56 Å². The van der Waals surface area contributed by atoms with Crippen molar-refractivity contribution in [2.24, 2.45) is 0 Å². The van der Waals surface area contributed by atoms with Crippen molar-refractivity contribution in [3.05, 3.63) is 46.8 Å². The smallest absolute Gasteiger partial charge is 0.162 e. The zero-order valence-electron chi connectivity index (χ0n) is 13.0. The monoisotopic (exact) mass is 290 g/mol. The van der Waals surface area contributed by atoms with Crippen molar-refractivity contribution >= 4 is 0 Å². The summed E-state index contributed by atoms with van der Waals surface area (Å²) in [5, 5.41) is 7.20. The van der Waals surface area contributed by atoms with Gasteiger partial charge in [0.15, 0.2) is 5.76 Å². The lowest BCUT2D eigenvalue weighted by Crippen LogP contribution is -2.14. The maximum Gasteiger partial charge on any atom is 0.162 e. The molecule has 0 saturated heterocycles. The third-order valence-electron chi connectivity index (χ3n) is 3.33. The fourth-order valence-corrected chi connectivity index (χ4v) is 2.08. The van der Waals surface area contributed by atoms with Crippen LogP contribution in [-0.4, -0.2) is 19.3 Å². The van der Waals surface area contributed by atoms with E-state index in [1.807, 2.05) is 25.2 Å². The molecule has 114 valence electrons. The van der Waals surface area contributed by atoms with Gasteiger partial charge in [0, 0.05) is 24.8 Å². The Bertz CT molecular complexity index is 581. The second-order valence-corrected chi connectivity index (χ2v) is 5.06. The average Bonchev–Trinajstić information content (AvgIpc) is 2.93. The number of hydrogen-bond donors (Lipinski definition) is 1. The van der Waals surface area contributed by atoms with E-state index in [4.69, 9.17) is 14.0 Å². The molecule has 1 aromatic carbocycles. The van der Waals surface area contributed by atoms with Crippen LogP contribution in [0.3, 0.4) is 0 Å². The van der Waals surface area contributed by atoms with Crippen molar-refractivity contribution in [1.29, 1.82) is 0 Å². The van der Waals surface area contributed by atoms with Gasteiger partial charge >= 0.3 is 0 Å². The highest BCUT2D eigenvalue weighted by Crippen LogP contribution is 2.27. The average molecular weight is 290 g/mol. The number of nitrogens with one attached hydrogen (secondary N) is 1. The maximum absolute atomic E-state index is 5.89. The highest BCUT2D eigenvalue weighted by Gasteiger charge is 2.12. The lowest BCUT2D eigenvalue weighted by Gasteiger charge is -2.16. The Morgan fingerprint density at radius 3 is 2.81 bits per heavy atom. The molecule has 0 amide bonds. The highest BCUT2D eigenvalue weighted by atomic mass is 16.5. The Kier molecular flexibility index (Phi) is 5.36. The van der Waals surface area contributed by atoms with Crippen LogP contribution in [0.4, 0.5) is 0 Å². The molecule has 21 heavy (non-hydrogen) atoms. The van der Waals surface area contributed by atoms with Crippen LogP contribution < -0.4 is 10.1 Å². The number of ether oxygens (including phenoxy) is 2. The van der Waals surface area contributed by atoms with Crippen LogP contribution in [0.25, 0.3) is 0 Å². The Balaban J connectivity index is 2.08. The fourth-order valence-electron chi connectivity index (χ4n) is 2.08. The van der Waals surface area contributed by atoms with Crippen molar-refractivity contribution in [1.82, 2.24) is 10.5 Å². The molecule has 5 nitrogen and oxygen atoms in total. The number of benzene rings is 1. The highest BCUT2D eigenvalue weighted by molar-refractivity contribution is 5.39. The van der Waals surface area contributed by atoms with Gasteiger partial charge in [-0.1, -0.05) is 22.9 Å². The van der Waals surface area contributed by atoms with E-state index in [2.05, 4.69) is 30.4 Å². The summed E-state index contributed by atoms with van der Waals surface area (Å²) in [6.45, 7) is 4.97. The van der Waals surface area contributed by atoms with E-state index < -0.39 is 0 Å². The molecular formula is C16H22N2O3. The van der Waals surface area contributed by atoms with E-state index in [0.717, 1.165) is 17.0 Å². The molecule has 0 bridgehead atoms. The molecular weight excluding hydrogens is 268 g/mol. The van der Waals surface area contributed by atoms with Crippen molar-refractivity contribution in [2.75, 3.05) is 14.2 Å². The van der Waals surface area contributed by atoms with Gasteiger partial charge in [-0.05, 0) is 27.0 Å². The zero-order valence-corrected chi connectivity index (χ0v) is 13.0. The molecule has 1 unspecified atom stereocenters. The summed E-state index contributed by atoms with van der Waals surface area (Å²) in [5.74, 6) is 1.56. The van der Waals surface area contributed by atoms with Crippen LogP contribution in [0.1, 0.15) is 35.5 Å². The number of aryl methyl sites for hydroxylation is 1. The number of hydrogen-bond acceptors (Lipinski definition) is 5. The number of aromatic nitrogens is 1. The van der Waals surface area contributed by atoms with E-state index in [-0.39, 0.29) is 6.04 Å². The molecule has 0 aliphatic heterocycles. The molecule has 0 saturated carbocycles. The van der Waals surface area contributed by atoms with Crippen molar-refractivity contribution < 1.29 is 14.0 Å². The molecule has 1 N–H and O–H groups in total. The summed E-state index contributed by atoms with van der Waals surface area (Å²) < 4.78 is 16.0. The minimum Gasteiger partial charge on any atom is -0.487 e. The largest absolute Gasteiger partial charge is 0.487 e. The SMILES string of the molecule is CNC(C)c1cc(C)ccc1OCc1cc(COC)on1. The van der Waals surface area contributed by atoms with E-state index in [0.29, 0.717) is 19.0 Å². The topological polar surface area (TPSA) is 56.5 Å². The lowest BCUT2D eigenvalue weighted by atomic mass is 10.0. The number of nitrogens with zero attached hydrogens (tertiary/aromatic N) is 1. The van der Waals surface area contributed by atoms with Gasteiger partial charge in [0.05, 0.1) is 0 Å². The second kappa shape index (κ2) is 7.24. The van der Waals surface area contributed by atoms with Gasteiger partial charge in [-0.2, -0.15) is 0 Å². The predicted octanol–water partition coefficient (Wildman–Crippen LogP) is 2.99. The Labute approximate surface area is 125 Å². The number of methoxy groups -OCH3 is 1. The molecule has 2 aromatic rings. The van der Waals surface area contributed by atoms with Crippen LogP contribution in [0.2, 0.25) is 0 Å². The first-order chi connectivity index (χ1) is 10.1. The molecule has 1 atom stereocenters. The quantitative estimate of drug-likeness (QED) is 0.849. The van der Waals surface area contributed by atoms with Gasteiger partial charge in [-0.15, -0.1) is 0 Å². The third kappa shape index (κ3) is 4.06.